The number of nitrogens with one attached hydrogen (secondary N) is 1. The lowest BCUT2D eigenvalue weighted by atomic mass is 10.1. The second-order valence-electron chi connectivity index (χ2n) is 5.16. The number of aromatic nitrogens is 1. The molecule has 0 fully saturated rings. The molecule has 0 aliphatic carbocycles. The standard InChI is InChI=1S/C17H21N3OS/c1-20(2)15(13-8-5-4-6-9-13)12-19-16(21)14-10-7-11-18-17(14)22-3/h4-11,15H,12H2,1-3H3,(H,19,21)/t15-/m0/s1. The molecule has 2 rings (SSSR count). The van der Waals surface area contributed by atoms with E-state index in [4.69, 9.17) is 0 Å². The van der Waals surface area contributed by atoms with Crippen molar-refractivity contribution < 1.29 is 4.79 Å². The molecule has 0 bridgehead atoms. The van der Waals surface area contributed by atoms with Crippen molar-refractivity contribution in [3.8, 4) is 0 Å². The Kier molecular flexibility index (Phi) is 5.98. The van der Waals surface area contributed by atoms with Gasteiger partial charge in [-0.25, -0.2) is 4.98 Å². The highest BCUT2D eigenvalue weighted by molar-refractivity contribution is 7.98. The maximum atomic E-state index is 12.4. The minimum Gasteiger partial charge on any atom is -0.350 e. The SMILES string of the molecule is CSc1ncccc1C(=O)NC[C@@H](c1ccccc1)N(C)C. The van der Waals surface area contributed by atoms with Gasteiger partial charge in [-0.15, -0.1) is 11.8 Å². The van der Waals surface area contributed by atoms with Gasteiger partial charge >= 0.3 is 0 Å². The normalized spacial score (nSPS) is 12.2. The zero-order chi connectivity index (χ0) is 15.9. The number of hydrogen-bond acceptors (Lipinski definition) is 4. The van der Waals surface area contributed by atoms with Crippen LogP contribution in [0.2, 0.25) is 0 Å². The third-order valence-corrected chi connectivity index (χ3v) is 4.18. The largest absolute Gasteiger partial charge is 0.350 e. The molecule has 0 aliphatic rings. The molecule has 1 aromatic heterocycles. The van der Waals surface area contributed by atoms with E-state index in [2.05, 4.69) is 27.3 Å². The molecule has 1 aromatic carbocycles. The minimum absolute atomic E-state index is 0.0831. The Hall–Kier alpha value is -1.85. The smallest absolute Gasteiger partial charge is 0.254 e. The number of amides is 1. The molecule has 4 nitrogen and oxygen atoms in total. The van der Waals surface area contributed by atoms with Crippen LogP contribution in [0.3, 0.4) is 0 Å². The van der Waals surface area contributed by atoms with Crippen LogP contribution in [0.15, 0.2) is 53.7 Å². The highest BCUT2D eigenvalue weighted by Gasteiger charge is 2.17. The van der Waals surface area contributed by atoms with Crippen molar-refractivity contribution in [2.75, 3.05) is 26.9 Å². The lowest BCUT2D eigenvalue weighted by molar-refractivity contribution is 0.0938. The maximum Gasteiger partial charge on any atom is 0.254 e. The molecule has 0 spiro atoms. The van der Waals surface area contributed by atoms with E-state index in [1.165, 1.54) is 17.3 Å². The van der Waals surface area contributed by atoms with Crippen LogP contribution in [-0.2, 0) is 0 Å². The number of hydrogen-bond donors (Lipinski definition) is 1. The molecule has 1 atom stereocenters. The van der Waals surface area contributed by atoms with Crippen LogP contribution in [0, 0.1) is 0 Å². The molecule has 1 N–H and O–H groups in total. The Bertz CT molecular complexity index is 616. The number of carbonyl (C=O) groups is 1. The lowest BCUT2D eigenvalue weighted by Crippen LogP contribution is -2.34. The van der Waals surface area contributed by atoms with Crippen LogP contribution in [0.4, 0.5) is 0 Å². The van der Waals surface area contributed by atoms with Gasteiger partial charge in [0, 0.05) is 12.7 Å². The molecule has 5 heteroatoms. The van der Waals surface area contributed by atoms with Gasteiger partial charge in [0.25, 0.3) is 5.91 Å². The van der Waals surface area contributed by atoms with Gasteiger partial charge in [0.15, 0.2) is 0 Å². The topological polar surface area (TPSA) is 45.2 Å². The van der Waals surface area contributed by atoms with Crippen LogP contribution in [0.1, 0.15) is 22.0 Å². The Balaban J connectivity index is 2.08. The summed E-state index contributed by atoms with van der Waals surface area (Å²) in [7, 11) is 4.03. The van der Waals surface area contributed by atoms with E-state index in [1.807, 2.05) is 38.6 Å². The quantitative estimate of drug-likeness (QED) is 0.833. The molecule has 116 valence electrons. The van der Waals surface area contributed by atoms with E-state index in [-0.39, 0.29) is 11.9 Å². The fraction of sp³-hybridized carbons (Fsp3) is 0.294. The predicted molar refractivity (Wildman–Crippen MR) is 91.2 cm³/mol. The van der Waals surface area contributed by atoms with Crippen molar-refractivity contribution >= 4 is 17.7 Å². The summed E-state index contributed by atoms with van der Waals surface area (Å²) in [5, 5.41) is 3.77. The lowest BCUT2D eigenvalue weighted by Gasteiger charge is -2.25. The fourth-order valence-corrected chi connectivity index (χ4v) is 2.83. The van der Waals surface area contributed by atoms with Crippen LogP contribution in [0.5, 0.6) is 0 Å². The molecule has 0 radical (unpaired) electrons. The maximum absolute atomic E-state index is 12.4. The number of likely N-dealkylation sites (N-methyl/N-ethyl adjacent to an activating group) is 1. The molecule has 1 amide bonds. The summed E-state index contributed by atoms with van der Waals surface area (Å²) >= 11 is 1.48. The Morgan fingerprint density at radius 1 is 1.23 bits per heavy atom. The minimum atomic E-state index is -0.0831. The predicted octanol–water partition coefficient (Wildman–Crippen LogP) is 2.84. The monoisotopic (exact) mass is 315 g/mol. The van der Waals surface area contributed by atoms with Crippen molar-refractivity contribution in [1.82, 2.24) is 15.2 Å². The van der Waals surface area contributed by atoms with E-state index in [1.54, 1.807) is 18.3 Å². The van der Waals surface area contributed by atoms with Gasteiger partial charge in [-0.3, -0.25) is 4.79 Å². The van der Waals surface area contributed by atoms with Crippen LogP contribution < -0.4 is 5.32 Å². The van der Waals surface area contributed by atoms with Gasteiger partial charge in [-0.05, 0) is 38.0 Å². The third kappa shape index (κ3) is 4.08. The van der Waals surface area contributed by atoms with Crippen molar-refractivity contribution in [2.24, 2.45) is 0 Å². The second-order valence-corrected chi connectivity index (χ2v) is 5.96. The first kappa shape index (κ1) is 16.5. The summed E-state index contributed by atoms with van der Waals surface area (Å²) in [4.78, 5) is 18.7. The van der Waals surface area contributed by atoms with Crippen LogP contribution >= 0.6 is 11.8 Å². The van der Waals surface area contributed by atoms with E-state index >= 15 is 0 Å². The summed E-state index contributed by atoms with van der Waals surface area (Å²) in [5.41, 5.74) is 1.81. The summed E-state index contributed by atoms with van der Waals surface area (Å²) in [6, 6.07) is 13.9. The van der Waals surface area contributed by atoms with Crippen molar-refractivity contribution in [3.63, 3.8) is 0 Å². The zero-order valence-electron chi connectivity index (χ0n) is 13.1. The van der Waals surface area contributed by atoms with Crippen molar-refractivity contribution in [2.45, 2.75) is 11.1 Å². The van der Waals surface area contributed by atoms with Gasteiger partial charge in [-0.1, -0.05) is 30.3 Å². The second kappa shape index (κ2) is 7.96. The number of benzene rings is 1. The molecule has 2 aromatic rings. The Morgan fingerprint density at radius 3 is 2.59 bits per heavy atom. The highest BCUT2D eigenvalue weighted by Crippen LogP contribution is 2.19. The number of rotatable bonds is 6. The van der Waals surface area contributed by atoms with Gasteiger partial charge in [-0.2, -0.15) is 0 Å². The van der Waals surface area contributed by atoms with Gasteiger partial charge in [0.2, 0.25) is 0 Å². The van der Waals surface area contributed by atoms with Crippen LogP contribution in [-0.4, -0.2) is 42.7 Å². The first-order chi connectivity index (χ1) is 10.6. The average Bonchev–Trinajstić information content (AvgIpc) is 2.55. The molecule has 0 unspecified atom stereocenters. The van der Waals surface area contributed by atoms with Gasteiger partial charge in [0.05, 0.1) is 11.6 Å². The van der Waals surface area contributed by atoms with Crippen molar-refractivity contribution in [3.05, 3.63) is 59.8 Å². The number of pyridine rings is 1. The Labute approximate surface area is 135 Å². The molecular formula is C17H21N3OS. The summed E-state index contributed by atoms with van der Waals surface area (Å²) < 4.78 is 0. The molecule has 22 heavy (non-hydrogen) atoms. The number of carbonyl (C=O) groups excluding carboxylic acids is 1. The van der Waals surface area contributed by atoms with E-state index < -0.39 is 0 Å². The van der Waals surface area contributed by atoms with E-state index in [0.29, 0.717) is 12.1 Å². The molecule has 1 heterocycles. The number of thioether (sulfide) groups is 1. The first-order valence-corrected chi connectivity index (χ1v) is 8.34. The average molecular weight is 315 g/mol. The fourth-order valence-electron chi connectivity index (χ4n) is 2.28. The zero-order valence-corrected chi connectivity index (χ0v) is 13.9. The summed E-state index contributed by atoms with van der Waals surface area (Å²) in [6.07, 6.45) is 3.63. The summed E-state index contributed by atoms with van der Waals surface area (Å²) in [6.45, 7) is 0.554. The van der Waals surface area contributed by atoms with Gasteiger partial charge in [0.1, 0.15) is 5.03 Å². The number of nitrogens with zero attached hydrogens (tertiary/aromatic N) is 2. The van der Waals surface area contributed by atoms with Crippen LogP contribution in [0.25, 0.3) is 0 Å². The van der Waals surface area contributed by atoms with E-state index in [0.717, 1.165) is 5.03 Å². The highest BCUT2D eigenvalue weighted by atomic mass is 32.2. The molecular weight excluding hydrogens is 294 g/mol. The third-order valence-electron chi connectivity index (χ3n) is 3.47. The Morgan fingerprint density at radius 2 is 1.95 bits per heavy atom. The first-order valence-electron chi connectivity index (χ1n) is 7.12. The molecule has 0 aliphatic heterocycles. The van der Waals surface area contributed by atoms with Crippen molar-refractivity contribution in [1.29, 1.82) is 0 Å². The van der Waals surface area contributed by atoms with Gasteiger partial charge < -0.3 is 10.2 Å². The summed E-state index contributed by atoms with van der Waals surface area (Å²) in [5.74, 6) is -0.0831. The van der Waals surface area contributed by atoms with E-state index in [9.17, 15) is 4.79 Å². The molecule has 0 saturated carbocycles. The molecule has 0 saturated heterocycles.